The SMILES string of the molecule is Cc1noc(NC(=O)N2CCC3(CC2)C[C@](F)(c2cc(F)cc(Cl)c2)CO3)c1C. The number of benzene rings is 1. The normalized spacial score (nSPS) is 23.6. The summed E-state index contributed by atoms with van der Waals surface area (Å²) in [6.07, 6.45) is 1.09. The van der Waals surface area contributed by atoms with Gasteiger partial charge in [-0.1, -0.05) is 16.8 Å². The maximum Gasteiger partial charge on any atom is 0.324 e. The lowest BCUT2D eigenvalue weighted by Gasteiger charge is -2.38. The summed E-state index contributed by atoms with van der Waals surface area (Å²) in [7, 11) is 0. The summed E-state index contributed by atoms with van der Waals surface area (Å²) in [6.45, 7) is 4.29. The number of aryl methyl sites for hydroxylation is 1. The van der Waals surface area contributed by atoms with Gasteiger partial charge in [-0.15, -0.1) is 0 Å². The zero-order chi connectivity index (χ0) is 20.8. The summed E-state index contributed by atoms with van der Waals surface area (Å²) in [5.41, 5.74) is -0.792. The first-order valence-electron chi connectivity index (χ1n) is 9.48. The first kappa shape index (κ1) is 20.1. The van der Waals surface area contributed by atoms with Crippen molar-refractivity contribution in [2.45, 2.75) is 44.4 Å². The molecule has 1 N–H and O–H groups in total. The van der Waals surface area contributed by atoms with E-state index in [0.29, 0.717) is 37.5 Å². The van der Waals surface area contributed by atoms with Crippen molar-refractivity contribution in [2.75, 3.05) is 25.0 Å². The first-order valence-corrected chi connectivity index (χ1v) is 9.86. The zero-order valence-electron chi connectivity index (χ0n) is 16.2. The van der Waals surface area contributed by atoms with Gasteiger partial charge in [0.2, 0.25) is 5.88 Å². The number of amides is 2. The molecule has 9 heteroatoms. The average molecular weight is 426 g/mol. The fourth-order valence-electron chi connectivity index (χ4n) is 4.02. The summed E-state index contributed by atoms with van der Waals surface area (Å²) in [5.74, 6) is -0.245. The van der Waals surface area contributed by atoms with Gasteiger partial charge >= 0.3 is 6.03 Å². The van der Waals surface area contributed by atoms with E-state index in [1.54, 1.807) is 11.8 Å². The topological polar surface area (TPSA) is 67.6 Å². The molecule has 0 aliphatic carbocycles. The molecule has 2 aliphatic heterocycles. The van der Waals surface area contributed by atoms with Crippen LogP contribution in [0.1, 0.15) is 36.1 Å². The number of urea groups is 1. The fraction of sp³-hybridized carbons (Fsp3) is 0.500. The molecule has 1 atom stereocenters. The lowest BCUT2D eigenvalue weighted by molar-refractivity contribution is -0.0372. The maximum absolute atomic E-state index is 15.6. The highest BCUT2D eigenvalue weighted by atomic mass is 35.5. The van der Waals surface area contributed by atoms with Crippen LogP contribution in [0.2, 0.25) is 5.02 Å². The number of carbonyl (C=O) groups is 1. The van der Waals surface area contributed by atoms with Crippen LogP contribution in [-0.2, 0) is 10.4 Å². The van der Waals surface area contributed by atoms with Gasteiger partial charge in [0.15, 0.2) is 5.67 Å². The number of nitrogens with zero attached hydrogens (tertiary/aromatic N) is 2. The number of nitrogens with one attached hydrogen (secondary N) is 1. The van der Waals surface area contributed by atoms with Crippen molar-refractivity contribution >= 4 is 23.5 Å². The van der Waals surface area contributed by atoms with Crippen LogP contribution in [-0.4, -0.2) is 41.4 Å². The summed E-state index contributed by atoms with van der Waals surface area (Å²) in [6, 6.07) is 3.46. The third kappa shape index (κ3) is 3.83. The Kier molecular flexibility index (Phi) is 5.02. The minimum absolute atomic E-state index is 0.107. The van der Waals surface area contributed by atoms with Gasteiger partial charge in [-0.05, 0) is 50.5 Å². The molecule has 0 bridgehead atoms. The molecule has 156 valence electrons. The molecule has 2 aromatic rings. The average Bonchev–Trinajstić information content (AvgIpc) is 3.17. The molecule has 2 fully saturated rings. The van der Waals surface area contributed by atoms with E-state index >= 15 is 4.39 Å². The highest BCUT2D eigenvalue weighted by Crippen LogP contribution is 2.48. The van der Waals surface area contributed by atoms with Crippen LogP contribution in [0, 0.1) is 19.7 Å². The van der Waals surface area contributed by atoms with Gasteiger partial charge in [0.25, 0.3) is 0 Å². The predicted octanol–water partition coefficient (Wildman–Crippen LogP) is 4.74. The molecular formula is C20H22ClF2N3O3. The first-order chi connectivity index (χ1) is 13.7. The van der Waals surface area contributed by atoms with E-state index in [-0.39, 0.29) is 29.6 Å². The number of rotatable bonds is 2. The summed E-state index contributed by atoms with van der Waals surface area (Å²) in [4.78, 5) is 14.2. The molecule has 1 aromatic heterocycles. The van der Waals surface area contributed by atoms with Gasteiger partial charge in [0.1, 0.15) is 5.82 Å². The Morgan fingerprint density at radius 2 is 2.00 bits per heavy atom. The van der Waals surface area contributed by atoms with E-state index in [2.05, 4.69) is 10.5 Å². The predicted molar refractivity (Wildman–Crippen MR) is 103 cm³/mol. The standard InChI is InChI=1S/C20H22ClF2N3O3/c1-12-13(2)25-29-17(12)24-18(27)26-5-3-19(4-6-26)10-20(23,11-28-19)14-7-15(21)9-16(22)8-14/h7-9H,3-6,10-11H2,1-2H3,(H,24,27)/t20-/m1/s1. The Balaban J connectivity index is 1.40. The van der Waals surface area contributed by atoms with Crippen LogP contribution in [0.25, 0.3) is 0 Å². The van der Waals surface area contributed by atoms with Gasteiger partial charge in [-0.2, -0.15) is 0 Å². The van der Waals surface area contributed by atoms with Crippen molar-refractivity contribution in [3.63, 3.8) is 0 Å². The van der Waals surface area contributed by atoms with E-state index in [1.165, 1.54) is 12.1 Å². The van der Waals surface area contributed by atoms with Crippen LogP contribution in [0.3, 0.4) is 0 Å². The number of alkyl halides is 1. The fourth-order valence-corrected chi connectivity index (χ4v) is 4.25. The molecule has 29 heavy (non-hydrogen) atoms. The highest BCUT2D eigenvalue weighted by molar-refractivity contribution is 6.30. The van der Waals surface area contributed by atoms with Crippen LogP contribution < -0.4 is 5.32 Å². The van der Waals surface area contributed by atoms with Gasteiger partial charge < -0.3 is 14.2 Å². The van der Waals surface area contributed by atoms with Gasteiger partial charge in [-0.3, -0.25) is 5.32 Å². The van der Waals surface area contributed by atoms with Crippen molar-refractivity contribution in [1.29, 1.82) is 0 Å². The highest BCUT2D eigenvalue weighted by Gasteiger charge is 2.52. The van der Waals surface area contributed by atoms with E-state index < -0.39 is 17.1 Å². The molecule has 3 heterocycles. The molecule has 1 aromatic carbocycles. The summed E-state index contributed by atoms with van der Waals surface area (Å²) in [5, 5.41) is 6.70. The second-order valence-corrected chi connectivity index (χ2v) is 8.35. The van der Waals surface area contributed by atoms with Crippen molar-refractivity contribution in [1.82, 2.24) is 10.1 Å². The number of carbonyl (C=O) groups excluding carboxylic acids is 1. The number of piperidine rings is 1. The molecule has 0 unspecified atom stereocenters. The van der Waals surface area contributed by atoms with Crippen LogP contribution in [0.15, 0.2) is 22.7 Å². The number of halogens is 3. The molecule has 0 saturated carbocycles. The third-order valence-corrected chi connectivity index (χ3v) is 6.15. The number of hydrogen-bond donors (Lipinski definition) is 1. The van der Waals surface area contributed by atoms with Crippen LogP contribution in [0.4, 0.5) is 19.5 Å². The summed E-state index contributed by atoms with van der Waals surface area (Å²) >= 11 is 5.89. The molecule has 0 radical (unpaired) electrons. The van der Waals surface area contributed by atoms with Crippen molar-refractivity contribution in [2.24, 2.45) is 0 Å². The van der Waals surface area contributed by atoms with Crippen molar-refractivity contribution < 1.29 is 22.8 Å². The van der Waals surface area contributed by atoms with E-state index in [4.69, 9.17) is 20.9 Å². The second kappa shape index (κ2) is 7.25. The smallest absolute Gasteiger partial charge is 0.324 e. The molecule has 4 rings (SSSR count). The molecule has 1 spiro atoms. The molecule has 2 saturated heterocycles. The van der Waals surface area contributed by atoms with E-state index in [0.717, 1.165) is 11.6 Å². The lowest BCUT2D eigenvalue weighted by atomic mass is 9.81. The summed E-state index contributed by atoms with van der Waals surface area (Å²) < 4.78 is 40.2. The van der Waals surface area contributed by atoms with E-state index in [9.17, 15) is 9.18 Å². The third-order valence-electron chi connectivity index (χ3n) is 5.93. The lowest BCUT2D eigenvalue weighted by Crippen LogP contribution is -2.48. The zero-order valence-corrected chi connectivity index (χ0v) is 17.0. The van der Waals surface area contributed by atoms with E-state index in [1.807, 2.05) is 6.92 Å². The van der Waals surface area contributed by atoms with Crippen molar-refractivity contribution in [3.8, 4) is 0 Å². The number of hydrogen-bond acceptors (Lipinski definition) is 4. The number of aromatic nitrogens is 1. The Labute approximate surface area is 172 Å². The number of likely N-dealkylation sites (tertiary alicyclic amines) is 1. The molecular weight excluding hydrogens is 404 g/mol. The molecule has 2 amide bonds. The maximum atomic E-state index is 15.6. The van der Waals surface area contributed by atoms with Crippen LogP contribution >= 0.6 is 11.6 Å². The molecule has 6 nitrogen and oxygen atoms in total. The number of anilines is 1. The Morgan fingerprint density at radius 1 is 1.28 bits per heavy atom. The monoisotopic (exact) mass is 425 g/mol. The van der Waals surface area contributed by atoms with Gasteiger partial charge in [-0.25, -0.2) is 13.6 Å². The van der Waals surface area contributed by atoms with Crippen molar-refractivity contribution in [3.05, 3.63) is 45.9 Å². The van der Waals surface area contributed by atoms with Gasteiger partial charge in [0.05, 0.1) is 17.9 Å². The minimum Gasteiger partial charge on any atom is -0.371 e. The van der Waals surface area contributed by atoms with Crippen LogP contribution in [0.5, 0.6) is 0 Å². The minimum atomic E-state index is -1.80. The molecule has 2 aliphatic rings. The Morgan fingerprint density at radius 3 is 2.62 bits per heavy atom. The second-order valence-electron chi connectivity index (χ2n) is 7.91. The quantitative estimate of drug-likeness (QED) is 0.754. The largest absolute Gasteiger partial charge is 0.371 e. The number of ether oxygens (including phenoxy) is 1. The Bertz CT molecular complexity index is 923. The Hall–Kier alpha value is -2.19. The van der Waals surface area contributed by atoms with Gasteiger partial charge in [0, 0.05) is 30.1 Å².